The van der Waals surface area contributed by atoms with Crippen LogP contribution in [0.3, 0.4) is 0 Å². The second kappa shape index (κ2) is 7.44. The first-order valence-corrected chi connectivity index (χ1v) is 10.8. The highest BCUT2D eigenvalue weighted by molar-refractivity contribution is 6.05. The number of hydrogen-bond donors (Lipinski definition) is 2. The van der Waals surface area contributed by atoms with Crippen molar-refractivity contribution in [3.8, 4) is 0 Å². The van der Waals surface area contributed by atoms with Crippen molar-refractivity contribution in [2.24, 2.45) is 17.1 Å². The van der Waals surface area contributed by atoms with Crippen LogP contribution in [0, 0.1) is 11.3 Å². The molecule has 0 aliphatic carbocycles. The van der Waals surface area contributed by atoms with Gasteiger partial charge >= 0.3 is 0 Å². The van der Waals surface area contributed by atoms with Crippen LogP contribution < -0.4 is 11.1 Å². The molecule has 4 aliphatic heterocycles. The average Bonchev–Trinajstić information content (AvgIpc) is 3.25. The highest BCUT2D eigenvalue weighted by Gasteiger charge is 2.47. The molecule has 3 fully saturated rings. The molecule has 0 aromatic heterocycles. The summed E-state index contributed by atoms with van der Waals surface area (Å²) in [6.45, 7) is 5.46. The van der Waals surface area contributed by atoms with Gasteiger partial charge in [0.15, 0.2) is 0 Å². The maximum atomic E-state index is 12.9. The number of rotatable bonds is 4. The molecule has 1 aromatic carbocycles. The summed E-state index contributed by atoms with van der Waals surface area (Å²) in [5.41, 5.74) is 9.09. The first-order chi connectivity index (χ1) is 14.5. The molecule has 160 valence electrons. The first-order valence-electron chi connectivity index (χ1n) is 10.8. The molecule has 1 aromatic rings. The Bertz CT molecular complexity index is 903. The fourth-order valence-electron chi connectivity index (χ4n) is 5.60. The number of nitrogens with two attached hydrogens (primary N) is 1. The summed E-state index contributed by atoms with van der Waals surface area (Å²) in [5, 5.41) is 2.35. The topological polar surface area (TPSA) is 105 Å². The summed E-state index contributed by atoms with van der Waals surface area (Å²) in [5.74, 6) is -0.288. The SMILES string of the molecule is NCC12CCOCC1CN(Cc1ccc3c(c1)CN(C1CCC(=O)NC1=O)C3=O)C2. The minimum Gasteiger partial charge on any atom is -0.381 e. The van der Waals surface area contributed by atoms with Gasteiger partial charge in [0, 0.05) is 56.1 Å². The lowest BCUT2D eigenvalue weighted by molar-refractivity contribution is -0.136. The van der Waals surface area contributed by atoms with Crippen LogP contribution in [0.2, 0.25) is 0 Å². The van der Waals surface area contributed by atoms with Gasteiger partial charge in [0.1, 0.15) is 6.04 Å². The quantitative estimate of drug-likeness (QED) is 0.687. The third-order valence-electron chi connectivity index (χ3n) is 7.35. The summed E-state index contributed by atoms with van der Waals surface area (Å²) >= 11 is 0. The lowest BCUT2D eigenvalue weighted by Gasteiger charge is -2.37. The second-order valence-electron chi connectivity index (χ2n) is 9.15. The Balaban J connectivity index is 1.29. The van der Waals surface area contributed by atoms with E-state index < -0.39 is 6.04 Å². The van der Waals surface area contributed by atoms with E-state index in [1.54, 1.807) is 4.90 Å². The number of nitrogens with one attached hydrogen (secondary N) is 1. The Morgan fingerprint density at radius 2 is 2.13 bits per heavy atom. The molecule has 3 N–H and O–H groups in total. The molecule has 3 saturated heterocycles. The number of imide groups is 1. The molecule has 5 rings (SSSR count). The number of fused-ring (bicyclic) bond motifs is 2. The molecule has 0 spiro atoms. The number of likely N-dealkylation sites (tertiary alicyclic amines) is 1. The summed E-state index contributed by atoms with van der Waals surface area (Å²) in [6.07, 6.45) is 1.67. The minimum absolute atomic E-state index is 0.127. The number of benzene rings is 1. The van der Waals surface area contributed by atoms with E-state index >= 15 is 0 Å². The Morgan fingerprint density at radius 3 is 2.90 bits per heavy atom. The maximum Gasteiger partial charge on any atom is 0.255 e. The lowest BCUT2D eigenvalue weighted by Crippen LogP contribution is -2.52. The first kappa shape index (κ1) is 19.7. The highest BCUT2D eigenvalue weighted by atomic mass is 16.5. The zero-order valence-electron chi connectivity index (χ0n) is 17.1. The van der Waals surface area contributed by atoms with Crippen molar-refractivity contribution in [2.75, 3.05) is 32.8 Å². The van der Waals surface area contributed by atoms with Gasteiger partial charge in [-0.1, -0.05) is 12.1 Å². The van der Waals surface area contributed by atoms with Gasteiger partial charge in [0.2, 0.25) is 11.8 Å². The Kier molecular flexibility index (Phi) is 4.88. The van der Waals surface area contributed by atoms with Gasteiger partial charge < -0.3 is 15.4 Å². The predicted octanol–water partition coefficient (Wildman–Crippen LogP) is 0.245. The molecule has 30 heavy (non-hydrogen) atoms. The van der Waals surface area contributed by atoms with Gasteiger partial charge in [-0.3, -0.25) is 24.6 Å². The monoisotopic (exact) mass is 412 g/mol. The molecule has 3 atom stereocenters. The average molecular weight is 412 g/mol. The third kappa shape index (κ3) is 3.23. The van der Waals surface area contributed by atoms with E-state index in [2.05, 4.69) is 16.3 Å². The third-order valence-corrected chi connectivity index (χ3v) is 7.35. The van der Waals surface area contributed by atoms with Gasteiger partial charge in [0.25, 0.3) is 5.91 Å². The number of hydrogen-bond acceptors (Lipinski definition) is 6. The normalized spacial score (nSPS) is 31.6. The van der Waals surface area contributed by atoms with Crippen LogP contribution >= 0.6 is 0 Å². The Morgan fingerprint density at radius 1 is 1.27 bits per heavy atom. The number of amides is 3. The number of ether oxygens (including phenoxy) is 1. The van der Waals surface area contributed by atoms with E-state index in [0.29, 0.717) is 31.0 Å². The van der Waals surface area contributed by atoms with Crippen LogP contribution in [-0.2, 0) is 27.4 Å². The molecule has 4 aliphatic rings. The van der Waals surface area contributed by atoms with Crippen molar-refractivity contribution >= 4 is 17.7 Å². The fourth-order valence-corrected chi connectivity index (χ4v) is 5.60. The van der Waals surface area contributed by atoms with E-state index in [1.807, 2.05) is 12.1 Å². The van der Waals surface area contributed by atoms with Gasteiger partial charge in [-0.25, -0.2) is 0 Å². The summed E-state index contributed by atoms with van der Waals surface area (Å²) < 4.78 is 5.69. The molecule has 0 bridgehead atoms. The molecule has 8 nitrogen and oxygen atoms in total. The molecule has 4 heterocycles. The molecule has 0 saturated carbocycles. The molecule has 3 unspecified atom stereocenters. The van der Waals surface area contributed by atoms with Crippen LogP contribution in [0.4, 0.5) is 0 Å². The minimum atomic E-state index is -0.572. The molecule has 3 amide bonds. The highest BCUT2D eigenvalue weighted by Crippen LogP contribution is 2.41. The molecule has 0 radical (unpaired) electrons. The van der Waals surface area contributed by atoms with Crippen LogP contribution in [0.15, 0.2) is 18.2 Å². The summed E-state index contributed by atoms with van der Waals surface area (Å²) in [6, 6.07) is 5.41. The number of nitrogens with zero attached hydrogens (tertiary/aromatic N) is 2. The van der Waals surface area contributed by atoms with Crippen molar-refractivity contribution in [3.05, 3.63) is 34.9 Å². The summed E-state index contributed by atoms with van der Waals surface area (Å²) in [7, 11) is 0. The van der Waals surface area contributed by atoms with E-state index in [9.17, 15) is 14.4 Å². The van der Waals surface area contributed by atoms with E-state index in [1.165, 1.54) is 5.56 Å². The zero-order chi connectivity index (χ0) is 20.9. The number of piperidine rings is 1. The van der Waals surface area contributed by atoms with Crippen molar-refractivity contribution in [1.29, 1.82) is 0 Å². The zero-order valence-corrected chi connectivity index (χ0v) is 17.1. The van der Waals surface area contributed by atoms with Gasteiger partial charge in [-0.2, -0.15) is 0 Å². The van der Waals surface area contributed by atoms with Gasteiger partial charge in [-0.15, -0.1) is 0 Å². The molecule has 8 heteroatoms. The number of carbonyl (C=O) groups excluding carboxylic acids is 3. The van der Waals surface area contributed by atoms with Crippen molar-refractivity contribution < 1.29 is 19.1 Å². The van der Waals surface area contributed by atoms with E-state index in [4.69, 9.17) is 10.5 Å². The van der Waals surface area contributed by atoms with Crippen LogP contribution in [0.25, 0.3) is 0 Å². The lowest BCUT2D eigenvalue weighted by atomic mass is 9.74. The molecular weight excluding hydrogens is 384 g/mol. The Labute approximate surface area is 175 Å². The van der Waals surface area contributed by atoms with E-state index in [-0.39, 0.29) is 29.6 Å². The van der Waals surface area contributed by atoms with Crippen molar-refractivity contribution in [1.82, 2.24) is 15.1 Å². The standard InChI is InChI=1S/C22H28N4O4/c23-12-22-5-6-30-11-16(22)10-25(13-22)8-14-1-2-17-15(7-14)9-26(21(17)29)18-3-4-19(27)24-20(18)28/h1-2,7,16,18H,3-6,8-13,23H2,(H,24,27,28). The second-order valence-corrected chi connectivity index (χ2v) is 9.15. The molecular formula is C22H28N4O4. The van der Waals surface area contributed by atoms with Crippen molar-refractivity contribution in [3.63, 3.8) is 0 Å². The summed E-state index contributed by atoms with van der Waals surface area (Å²) in [4.78, 5) is 40.5. The van der Waals surface area contributed by atoms with Crippen LogP contribution in [0.5, 0.6) is 0 Å². The van der Waals surface area contributed by atoms with Gasteiger partial charge in [-0.05, 0) is 36.6 Å². The largest absolute Gasteiger partial charge is 0.381 e. The van der Waals surface area contributed by atoms with Crippen molar-refractivity contribution in [2.45, 2.75) is 38.4 Å². The smallest absolute Gasteiger partial charge is 0.255 e. The number of carbonyl (C=O) groups is 3. The van der Waals surface area contributed by atoms with Crippen LogP contribution in [-0.4, -0.2) is 66.4 Å². The van der Waals surface area contributed by atoms with E-state index in [0.717, 1.165) is 44.8 Å². The predicted molar refractivity (Wildman–Crippen MR) is 108 cm³/mol. The Hall–Kier alpha value is -2.29. The maximum absolute atomic E-state index is 12.9. The van der Waals surface area contributed by atoms with Gasteiger partial charge in [0.05, 0.1) is 6.61 Å². The van der Waals surface area contributed by atoms with Crippen LogP contribution in [0.1, 0.15) is 40.7 Å². The fraction of sp³-hybridized carbons (Fsp3) is 0.591.